The van der Waals surface area contributed by atoms with Crippen molar-refractivity contribution >= 4 is 5.91 Å². The van der Waals surface area contributed by atoms with Gasteiger partial charge in [-0.05, 0) is 41.9 Å². The number of nitrogens with two attached hydrogens (primary N) is 1. The first-order valence-corrected chi connectivity index (χ1v) is 6.83. The largest absolute Gasteiger partial charge is 0.507 e. The Morgan fingerprint density at radius 1 is 1.25 bits per heavy atom. The first-order valence-electron chi connectivity index (χ1n) is 6.83. The molecule has 4 nitrogen and oxygen atoms in total. The highest BCUT2D eigenvalue weighted by atomic mass is 16.3. The molecule has 0 aliphatic carbocycles. The zero-order chi connectivity index (χ0) is 15.7. The maximum Gasteiger partial charge on any atom is 0.265 e. The summed E-state index contributed by atoms with van der Waals surface area (Å²) in [6.45, 7) is 12.4. The molecule has 0 bridgehead atoms. The third-order valence-corrected chi connectivity index (χ3v) is 3.40. The molecule has 0 radical (unpaired) electrons. The Morgan fingerprint density at radius 2 is 1.80 bits per heavy atom. The normalized spacial score (nSPS) is 12.3. The molecule has 1 amide bonds. The number of carbonyl (C=O) groups excluding carboxylic acids is 1. The van der Waals surface area contributed by atoms with Crippen molar-refractivity contribution in [1.82, 2.24) is 5.43 Å². The monoisotopic (exact) mass is 278 g/mol. The van der Waals surface area contributed by atoms with Gasteiger partial charge in [-0.3, -0.25) is 10.2 Å². The maximum atomic E-state index is 11.7. The molecule has 0 saturated carbocycles. The number of amides is 1. The molecule has 0 spiro atoms. The molecule has 20 heavy (non-hydrogen) atoms. The number of hydrogen-bond donors (Lipinski definition) is 3. The Bertz CT molecular complexity index is 514. The number of phenolic OH excluding ortho intramolecular Hbond substituents is 1. The van der Waals surface area contributed by atoms with Crippen LogP contribution in [0.3, 0.4) is 0 Å². The fraction of sp³-hybridized carbons (Fsp3) is 0.562. The summed E-state index contributed by atoms with van der Waals surface area (Å²) in [5.41, 5.74) is 3.96. The molecule has 4 heteroatoms. The van der Waals surface area contributed by atoms with Crippen molar-refractivity contribution in [3.8, 4) is 5.75 Å². The molecule has 0 heterocycles. The SMILES string of the molecule is Cc1cc(C(=O)NN)cc(C(C)(C)CC(C)(C)C)c1O. The third kappa shape index (κ3) is 3.73. The number of rotatable bonds is 3. The summed E-state index contributed by atoms with van der Waals surface area (Å²) in [5, 5.41) is 10.3. The number of benzene rings is 1. The Hall–Kier alpha value is -1.55. The van der Waals surface area contributed by atoms with Crippen LogP contribution in [0.4, 0.5) is 0 Å². The second-order valence-corrected chi connectivity index (χ2v) is 7.28. The second-order valence-electron chi connectivity index (χ2n) is 7.28. The Kier molecular flexibility index (Phi) is 4.49. The molecule has 0 saturated heterocycles. The van der Waals surface area contributed by atoms with Crippen molar-refractivity contribution in [2.45, 2.75) is 53.4 Å². The second kappa shape index (κ2) is 5.44. The number of phenols is 1. The topological polar surface area (TPSA) is 75.4 Å². The van der Waals surface area contributed by atoms with E-state index in [-0.39, 0.29) is 22.5 Å². The van der Waals surface area contributed by atoms with Crippen LogP contribution in [0.2, 0.25) is 0 Å². The van der Waals surface area contributed by atoms with Crippen molar-refractivity contribution in [3.05, 3.63) is 28.8 Å². The molecule has 0 aliphatic rings. The molecule has 1 rings (SSSR count). The van der Waals surface area contributed by atoms with E-state index in [1.54, 1.807) is 19.1 Å². The molecule has 112 valence electrons. The predicted molar refractivity (Wildman–Crippen MR) is 81.6 cm³/mol. The lowest BCUT2D eigenvalue weighted by Crippen LogP contribution is -2.31. The van der Waals surface area contributed by atoms with Gasteiger partial charge in [-0.2, -0.15) is 0 Å². The van der Waals surface area contributed by atoms with Gasteiger partial charge in [0.2, 0.25) is 0 Å². The van der Waals surface area contributed by atoms with Gasteiger partial charge < -0.3 is 5.11 Å². The van der Waals surface area contributed by atoms with Gasteiger partial charge in [-0.15, -0.1) is 0 Å². The fourth-order valence-corrected chi connectivity index (χ4v) is 2.93. The van der Waals surface area contributed by atoms with Crippen molar-refractivity contribution in [1.29, 1.82) is 0 Å². The molecule has 0 unspecified atom stereocenters. The highest BCUT2D eigenvalue weighted by Crippen LogP contribution is 2.41. The van der Waals surface area contributed by atoms with Gasteiger partial charge in [0.1, 0.15) is 5.75 Å². The smallest absolute Gasteiger partial charge is 0.265 e. The van der Waals surface area contributed by atoms with Crippen LogP contribution < -0.4 is 11.3 Å². The van der Waals surface area contributed by atoms with Crippen molar-refractivity contribution < 1.29 is 9.90 Å². The van der Waals surface area contributed by atoms with Crippen LogP contribution in [0.1, 0.15) is 62.5 Å². The van der Waals surface area contributed by atoms with E-state index in [1.165, 1.54) is 0 Å². The minimum Gasteiger partial charge on any atom is -0.507 e. The van der Waals surface area contributed by atoms with Gasteiger partial charge in [0.05, 0.1) is 0 Å². The summed E-state index contributed by atoms with van der Waals surface area (Å²) in [4.78, 5) is 11.7. The lowest BCUT2D eigenvalue weighted by Gasteiger charge is -2.34. The first-order chi connectivity index (χ1) is 8.98. The quantitative estimate of drug-likeness (QED) is 0.452. The lowest BCUT2D eigenvalue weighted by molar-refractivity contribution is 0.0953. The van der Waals surface area contributed by atoms with Crippen LogP contribution in [-0.4, -0.2) is 11.0 Å². The standard InChI is InChI=1S/C16H26N2O2/c1-10-7-11(14(20)18-17)8-12(13(10)19)16(5,6)9-15(2,3)4/h7-8,19H,9,17H2,1-6H3,(H,18,20). The summed E-state index contributed by atoms with van der Waals surface area (Å²) in [6.07, 6.45) is 0.890. The minimum absolute atomic E-state index is 0.121. The first kappa shape index (κ1) is 16.5. The number of hydrazine groups is 1. The van der Waals surface area contributed by atoms with Crippen LogP contribution in [-0.2, 0) is 5.41 Å². The molecule has 0 fully saturated rings. The number of aromatic hydroxyl groups is 1. The van der Waals surface area contributed by atoms with Gasteiger partial charge in [0.25, 0.3) is 5.91 Å². The summed E-state index contributed by atoms with van der Waals surface area (Å²) in [6, 6.07) is 3.38. The molecule has 1 aromatic rings. The van der Waals surface area contributed by atoms with Crippen LogP contribution in [0.5, 0.6) is 5.75 Å². The average Bonchev–Trinajstić information content (AvgIpc) is 2.28. The zero-order valence-corrected chi connectivity index (χ0v) is 13.3. The van der Waals surface area contributed by atoms with Crippen molar-refractivity contribution in [3.63, 3.8) is 0 Å². The van der Waals surface area contributed by atoms with Crippen LogP contribution in [0, 0.1) is 12.3 Å². The number of nitrogens with one attached hydrogen (secondary N) is 1. The van der Waals surface area contributed by atoms with Gasteiger partial charge in [-0.25, -0.2) is 5.84 Å². The molecule has 0 aromatic heterocycles. The van der Waals surface area contributed by atoms with E-state index < -0.39 is 0 Å². The van der Waals surface area contributed by atoms with Crippen molar-refractivity contribution in [2.75, 3.05) is 0 Å². The van der Waals surface area contributed by atoms with E-state index in [9.17, 15) is 9.90 Å². The van der Waals surface area contributed by atoms with E-state index in [4.69, 9.17) is 5.84 Å². The summed E-state index contributed by atoms with van der Waals surface area (Å²) >= 11 is 0. The van der Waals surface area contributed by atoms with Gasteiger partial charge in [0.15, 0.2) is 0 Å². The summed E-state index contributed by atoms with van der Waals surface area (Å²) in [5.74, 6) is 5.10. The van der Waals surface area contributed by atoms with E-state index in [0.717, 1.165) is 12.0 Å². The van der Waals surface area contributed by atoms with Gasteiger partial charge >= 0.3 is 0 Å². The fourth-order valence-electron chi connectivity index (χ4n) is 2.93. The number of aryl methyl sites for hydroxylation is 1. The molecular formula is C16H26N2O2. The van der Waals surface area contributed by atoms with Crippen LogP contribution in [0.15, 0.2) is 12.1 Å². The number of hydrogen-bond acceptors (Lipinski definition) is 3. The summed E-state index contributed by atoms with van der Waals surface area (Å²) < 4.78 is 0. The lowest BCUT2D eigenvalue weighted by atomic mass is 9.71. The molecule has 0 atom stereocenters. The predicted octanol–water partition coefficient (Wildman–Crippen LogP) is 3.02. The minimum atomic E-state index is -0.346. The highest BCUT2D eigenvalue weighted by Gasteiger charge is 2.30. The molecule has 4 N–H and O–H groups in total. The number of carbonyl (C=O) groups is 1. The van der Waals surface area contributed by atoms with E-state index >= 15 is 0 Å². The highest BCUT2D eigenvalue weighted by molar-refractivity contribution is 5.94. The Morgan fingerprint density at radius 3 is 2.25 bits per heavy atom. The molecule has 0 aliphatic heterocycles. The van der Waals surface area contributed by atoms with Crippen molar-refractivity contribution in [2.24, 2.45) is 11.3 Å². The van der Waals surface area contributed by atoms with E-state index in [0.29, 0.717) is 11.1 Å². The van der Waals surface area contributed by atoms with Gasteiger partial charge in [-0.1, -0.05) is 34.6 Å². The average molecular weight is 278 g/mol. The van der Waals surface area contributed by atoms with E-state index in [2.05, 4.69) is 40.0 Å². The molecular weight excluding hydrogens is 252 g/mol. The van der Waals surface area contributed by atoms with Crippen LogP contribution >= 0.6 is 0 Å². The third-order valence-electron chi connectivity index (χ3n) is 3.40. The maximum absolute atomic E-state index is 11.7. The van der Waals surface area contributed by atoms with E-state index in [1.807, 2.05) is 0 Å². The Balaban J connectivity index is 3.36. The number of nitrogen functional groups attached to an aromatic ring is 1. The molecule has 1 aromatic carbocycles. The zero-order valence-electron chi connectivity index (χ0n) is 13.3. The van der Waals surface area contributed by atoms with Gasteiger partial charge in [0, 0.05) is 11.1 Å². The Labute approximate surface area is 121 Å². The van der Waals surface area contributed by atoms with Crippen LogP contribution in [0.25, 0.3) is 0 Å². The summed E-state index contributed by atoms with van der Waals surface area (Å²) in [7, 11) is 0.